The van der Waals surface area contributed by atoms with Gasteiger partial charge in [-0.05, 0) is 41.8 Å². The summed E-state index contributed by atoms with van der Waals surface area (Å²) in [6.07, 6.45) is 0.811. The third-order valence-electron chi connectivity index (χ3n) is 5.44. The summed E-state index contributed by atoms with van der Waals surface area (Å²) in [7, 11) is 3.54. The lowest BCUT2D eigenvalue weighted by Gasteiger charge is -2.28. The van der Waals surface area contributed by atoms with Crippen LogP contribution in [0.15, 0.2) is 42.5 Å². The Morgan fingerprint density at radius 3 is 2.56 bits per heavy atom. The largest absolute Gasteiger partial charge is 0.480 e. The van der Waals surface area contributed by atoms with E-state index in [1.165, 1.54) is 0 Å². The molecule has 27 heavy (non-hydrogen) atoms. The van der Waals surface area contributed by atoms with Crippen molar-refractivity contribution in [2.24, 2.45) is 0 Å². The number of rotatable bonds is 6. The zero-order chi connectivity index (χ0) is 19.7. The van der Waals surface area contributed by atoms with Crippen molar-refractivity contribution in [2.45, 2.75) is 31.8 Å². The summed E-state index contributed by atoms with van der Waals surface area (Å²) in [6, 6.07) is 12.1. The second-order valence-electron chi connectivity index (χ2n) is 7.08. The predicted octanol–water partition coefficient (Wildman–Crippen LogP) is 2.57. The van der Waals surface area contributed by atoms with Gasteiger partial charge in [0.2, 0.25) is 0 Å². The molecule has 0 saturated carbocycles. The van der Waals surface area contributed by atoms with Gasteiger partial charge < -0.3 is 20.0 Å². The Labute approximate surface area is 158 Å². The average molecular weight is 368 g/mol. The molecule has 0 spiro atoms. The highest BCUT2D eigenvalue weighted by molar-refractivity contribution is 5.83. The fraction of sp³-hybridized carbons (Fsp3) is 0.333. The van der Waals surface area contributed by atoms with Crippen molar-refractivity contribution in [3.63, 3.8) is 0 Å². The number of carboxylic acids is 2. The number of anilines is 2. The van der Waals surface area contributed by atoms with Crippen molar-refractivity contribution in [1.82, 2.24) is 0 Å². The number of carbonyl (C=O) groups is 2. The van der Waals surface area contributed by atoms with Gasteiger partial charge in [-0.2, -0.15) is 0 Å². The van der Waals surface area contributed by atoms with Gasteiger partial charge in [0.15, 0.2) is 0 Å². The van der Waals surface area contributed by atoms with E-state index in [4.69, 9.17) is 0 Å². The summed E-state index contributed by atoms with van der Waals surface area (Å²) in [5.41, 5.74) is 4.65. The summed E-state index contributed by atoms with van der Waals surface area (Å²) in [5.74, 6) is -1.74. The molecule has 1 aliphatic heterocycles. The predicted molar refractivity (Wildman–Crippen MR) is 105 cm³/mol. The first-order valence-corrected chi connectivity index (χ1v) is 8.88. The Kier molecular flexibility index (Phi) is 5.08. The van der Waals surface area contributed by atoms with E-state index in [1.54, 1.807) is 23.9 Å². The average Bonchev–Trinajstić information content (AvgIpc) is 2.96. The summed E-state index contributed by atoms with van der Waals surface area (Å²) < 4.78 is 0. The standard InChI is InChI=1S/C21H24N2O4/c1-13-6-4-5-7-14(13)11-18(20(24)25)22(2)16-8-9-17-15(10-16)12-19(21(26)27)23(17)3/h4-10,18-19H,11-12H2,1-3H3,(H,24,25)(H,26,27). The monoisotopic (exact) mass is 368 g/mol. The Morgan fingerprint density at radius 1 is 1.22 bits per heavy atom. The lowest BCUT2D eigenvalue weighted by Crippen LogP contribution is -2.40. The summed E-state index contributed by atoms with van der Waals surface area (Å²) in [6.45, 7) is 1.98. The van der Waals surface area contributed by atoms with E-state index in [-0.39, 0.29) is 0 Å². The third kappa shape index (κ3) is 3.60. The van der Waals surface area contributed by atoms with E-state index in [0.717, 1.165) is 28.1 Å². The molecule has 0 radical (unpaired) electrons. The fourth-order valence-corrected chi connectivity index (χ4v) is 3.68. The zero-order valence-electron chi connectivity index (χ0n) is 15.7. The van der Waals surface area contributed by atoms with Gasteiger partial charge in [-0.3, -0.25) is 0 Å². The molecular formula is C21H24N2O4. The highest BCUT2D eigenvalue weighted by atomic mass is 16.4. The molecule has 3 rings (SSSR count). The van der Waals surface area contributed by atoms with Crippen LogP contribution in [0.5, 0.6) is 0 Å². The number of benzene rings is 2. The van der Waals surface area contributed by atoms with Crippen LogP contribution in [0.4, 0.5) is 11.4 Å². The molecule has 6 nitrogen and oxygen atoms in total. The van der Waals surface area contributed by atoms with Crippen LogP contribution in [-0.4, -0.2) is 48.3 Å². The van der Waals surface area contributed by atoms with Crippen LogP contribution in [0.2, 0.25) is 0 Å². The molecule has 2 unspecified atom stereocenters. The van der Waals surface area contributed by atoms with E-state index >= 15 is 0 Å². The second-order valence-corrected chi connectivity index (χ2v) is 7.08. The molecule has 2 aromatic rings. The molecule has 2 aromatic carbocycles. The van der Waals surface area contributed by atoms with Gasteiger partial charge in [0.25, 0.3) is 0 Å². The molecular weight excluding hydrogens is 344 g/mol. The third-order valence-corrected chi connectivity index (χ3v) is 5.44. The van der Waals surface area contributed by atoms with Gasteiger partial charge in [0, 0.05) is 38.3 Å². The van der Waals surface area contributed by atoms with Gasteiger partial charge >= 0.3 is 11.9 Å². The van der Waals surface area contributed by atoms with Crippen molar-refractivity contribution in [1.29, 1.82) is 0 Å². The van der Waals surface area contributed by atoms with Crippen LogP contribution in [-0.2, 0) is 22.4 Å². The van der Waals surface area contributed by atoms with Crippen molar-refractivity contribution < 1.29 is 19.8 Å². The van der Waals surface area contributed by atoms with E-state index in [0.29, 0.717) is 12.8 Å². The normalized spacial score (nSPS) is 16.7. The summed E-state index contributed by atoms with van der Waals surface area (Å²) in [5, 5.41) is 19.1. The number of fused-ring (bicyclic) bond motifs is 1. The van der Waals surface area contributed by atoms with Crippen molar-refractivity contribution in [2.75, 3.05) is 23.9 Å². The Bertz CT molecular complexity index is 880. The quantitative estimate of drug-likeness (QED) is 0.816. The van der Waals surface area contributed by atoms with Gasteiger partial charge in [0.1, 0.15) is 12.1 Å². The van der Waals surface area contributed by atoms with Crippen LogP contribution in [0.3, 0.4) is 0 Å². The molecule has 142 valence electrons. The molecule has 1 aliphatic rings. The molecule has 2 atom stereocenters. The molecule has 0 bridgehead atoms. The van der Waals surface area contributed by atoms with Gasteiger partial charge in [0.05, 0.1) is 0 Å². The molecule has 0 aromatic heterocycles. The lowest BCUT2D eigenvalue weighted by atomic mass is 9.99. The van der Waals surface area contributed by atoms with E-state index in [2.05, 4.69) is 0 Å². The Balaban J connectivity index is 1.87. The number of aryl methyl sites for hydroxylation is 1. The molecule has 0 saturated heterocycles. The number of hydrogen-bond donors (Lipinski definition) is 2. The second kappa shape index (κ2) is 7.31. The van der Waals surface area contributed by atoms with Crippen molar-refractivity contribution in [3.8, 4) is 0 Å². The van der Waals surface area contributed by atoms with Crippen LogP contribution in [0.1, 0.15) is 16.7 Å². The van der Waals surface area contributed by atoms with Crippen molar-refractivity contribution in [3.05, 3.63) is 59.2 Å². The van der Waals surface area contributed by atoms with Gasteiger partial charge in [-0.15, -0.1) is 0 Å². The number of nitrogens with zero attached hydrogens (tertiary/aromatic N) is 2. The first-order valence-electron chi connectivity index (χ1n) is 8.88. The minimum absolute atomic E-state index is 0.396. The number of aliphatic carboxylic acids is 2. The zero-order valence-corrected chi connectivity index (χ0v) is 15.7. The number of carboxylic acid groups (broad SMARTS) is 2. The van der Waals surface area contributed by atoms with Crippen LogP contribution in [0, 0.1) is 6.92 Å². The van der Waals surface area contributed by atoms with E-state index in [9.17, 15) is 19.8 Å². The number of likely N-dealkylation sites (N-methyl/N-ethyl adjacent to an activating group) is 2. The summed E-state index contributed by atoms with van der Waals surface area (Å²) >= 11 is 0. The van der Waals surface area contributed by atoms with Crippen LogP contribution < -0.4 is 9.80 Å². The minimum Gasteiger partial charge on any atom is -0.480 e. The van der Waals surface area contributed by atoms with Crippen molar-refractivity contribution >= 4 is 23.3 Å². The highest BCUT2D eigenvalue weighted by Crippen LogP contribution is 2.34. The minimum atomic E-state index is -0.887. The summed E-state index contributed by atoms with van der Waals surface area (Å²) in [4.78, 5) is 26.8. The van der Waals surface area contributed by atoms with Gasteiger partial charge in [-0.1, -0.05) is 24.3 Å². The fourth-order valence-electron chi connectivity index (χ4n) is 3.68. The van der Waals surface area contributed by atoms with E-state index < -0.39 is 24.0 Å². The first-order chi connectivity index (χ1) is 12.8. The lowest BCUT2D eigenvalue weighted by molar-refractivity contribution is -0.139. The molecule has 0 amide bonds. The first kappa shape index (κ1) is 18.8. The maximum Gasteiger partial charge on any atom is 0.326 e. The molecule has 1 heterocycles. The maximum absolute atomic E-state index is 11.9. The topological polar surface area (TPSA) is 81.1 Å². The van der Waals surface area contributed by atoms with Crippen LogP contribution >= 0.6 is 0 Å². The van der Waals surface area contributed by atoms with Gasteiger partial charge in [-0.25, -0.2) is 9.59 Å². The van der Waals surface area contributed by atoms with E-state index in [1.807, 2.05) is 49.4 Å². The number of hydrogen-bond acceptors (Lipinski definition) is 4. The molecule has 0 aliphatic carbocycles. The molecule has 0 fully saturated rings. The smallest absolute Gasteiger partial charge is 0.326 e. The molecule has 2 N–H and O–H groups in total. The Morgan fingerprint density at radius 2 is 1.93 bits per heavy atom. The SMILES string of the molecule is Cc1ccccc1CC(C(=O)O)N(C)c1ccc2c(c1)CC(C(=O)O)N2C. The Hall–Kier alpha value is -3.02. The molecule has 6 heteroatoms. The van der Waals surface area contributed by atoms with Crippen LogP contribution in [0.25, 0.3) is 0 Å². The maximum atomic E-state index is 11.9. The highest BCUT2D eigenvalue weighted by Gasteiger charge is 2.33.